The number of rotatable bonds is 7. The zero-order chi connectivity index (χ0) is 30.2. The number of benzene rings is 2. The largest absolute Gasteiger partial charge is 0.493 e. The summed E-state index contributed by atoms with van der Waals surface area (Å²) in [5.74, 6) is 0.205. The van der Waals surface area contributed by atoms with Gasteiger partial charge in [-0.2, -0.15) is 10.2 Å². The minimum atomic E-state index is -1.32. The molecule has 0 aliphatic carbocycles. The molecule has 10 nitrogen and oxygen atoms in total. The van der Waals surface area contributed by atoms with E-state index in [1.807, 2.05) is 43.3 Å². The van der Waals surface area contributed by atoms with Crippen LogP contribution in [-0.2, 0) is 16.1 Å². The number of methoxy groups -OCH3 is 1. The van der Waals surface area contributed by atoms with Gasteiger partial charge in [0.15, 0.2) is 17.3 Å². The monoisotopic (exact) mass is 585 g/mol. The number of hydrogen-bond donors (Lipinski definition) is 1. The molecular weight excluding hydrogens is 553 g/mol. The Labute approximate surface area is 247 Å². The summed E-state index contributed by atoms with van der Waals surface area (Å²) in [4.78, 5) is 41.0. The predicted octanol–water partition coefficient (Wildman–Crippen LogP) is 4.20. The first-order valence-corrected chi connectivity index (χ1v) is 14.2. The fourth-order valence-corrected chi connectivity index (χ4v) is 6.08. The Kier molecular flexibility index (Phi) is 7.55. The standard InChI is InChI=1S/C32H32FN5O5/c1-18-10-24-26(7-9-43-31(24)29(11-18)42-3)36-32(41)28-13-22(33)15-38(28)30(40)17-37-16-25(19(2)39)23-12-20(4-5-27(23)37)21-6-8-34-35-14-21/h4-6,8,10-12,14,16,22,26,28H,7,9,13,15,17H2,1-3H3,(H,36,41). The number of hydrogen-bond acceptors (Lipinski definition) is 7. The van der Waals surface area contributed by atoms with Crippen molar-refractivity contribution >= 4 is 28.5 Å². The van der Waals surface area contributed by atoms with Crippen molar-refractivity contribution in [1.82, 2.24) is 25.0 Å². The van der Waals surface area contributed by atoms with Gasteiger partial charge in [-0.1, -0.05) is 12.1 Å². The third-order valence-corrected chi connectivity index (χ3v) is 8.15. The number of Topliss-reactive ketones (excluding diaryl/α,β-unsaturated/α-hetero) is 1. The molecule has 222 valence electrons. The number of nitrogens with zero attached hydrogens (tertiary/aromatic N) is 4. The topological polar surface area (TPSA) is 116 Å². The van der Waals surface area contributed by atoms with E-state index in [4.69, 9.17) is 9.47 Å². The summed E-state index contributed by atoms with van der Waals surface area (Å²) in [6.07, 6.45) is 4.00. The van der Waals surface area contributed by atoms with Crippen LogP contribution >= 0.6 is 0 Å². The Morgan fingerprint density at radius 1 is 1.14 bits per heavy atom. The van der Waals surface area contributed by atoms with Gasteiger partial charge in [0.1, 0.15) is 18.8 Å². The van der Waals surface area contributed by atoms with Crippen LogP contribution in [0.5, 0.6) is 11.5 Å². The van der Waals surface area contributed by atoms with Crippen molar-refractivity contribution < 1.29 is 28.2 Å². The van der Waals surface area contributed by atoms with E-state index >= 15 is 0 Å². The fourth-order valence-electron chi connectivity index (χ4n) is 6.08. The lowest BCUT2D eigenvalue weighted by molar-refractivity contribution is -0.139. The first-order chi connectivity index (χ1) is 20.7. The number of ether oxygens (including phenoxy) is 2. The molecule has 11 heteroatoms. The molecule has 0 bridgehead atoms. The number of nitrogens with one attached hydrogen (secondary N) is 1. The molecule has 3 unspecified atom stereocenters. The average molecular weight is 586 g/mol. The van der Waals surface area contributed by atoms with Crippen LogP contribution in [0.25, 0.3) is 22.0 Å². The van der Waals surface area contributed by atoms with Crippen molar-refractivity contribution in [2.45, 2.75) is 51.5 Å². The van der Waals surface area contributed by atoms with Crippen LogP contribution in [0, 0.1) is 6.92 Å². The lowest BCUT2D eigenvalue weighted by Gasteiger charge is -2.31. The van der Waals surface area contributed by atoms with Gasteiger partial charge in [0.25, 0.3) is 0 Å². The maximum Gasteiger partial charge on any atom is 0.243 e. The molecule has 0 saturated carbocycles. The molecule has 1 N–H and O–H groups in total. The quantitative estimate of drug-likeness (QED) is 0.323. The normalized spacial score (nSPS) is 19.5. The van der Waals surface area contributed by atoms with Crippen LogP contribution < -0.4 is 14.8 Å². The molecule has 2 amide bonds. The van der Waals surface area contributed by atoms with Gasteiger partial charge in [-0.15, -0.1) is 0 Å². The van der Waals surface area contributed by atoms with Gasteiger partial charge in [-0.3, -0.25) is 14.4 Å². The fraction of sp³-hybridized carbons (Fsp3) is 0.344. The number of halogens is 1. The Morgan fingerprint density at radius 3 is 2.72 bits per heavy atom. The molecule has 2 aromatic carbocycles. The molecular formula is C32H32FN5O5. The third kappa shape index (κ3) is 5.42. The van der Waals surface area contributed by atoms with Crippen molar-refractivity contribution in [3.63, 3.8) is 0 Å². The highest BCUT2D eigenvalue weighted by Crippen LogP contribution is 2.40. The SMILES string of the molecule is COc1cc(C)cc2c1OCCC2NC(=O)C1CC(F)CN1C(=O)Cn1cc(C(C)=O)c2cc(-c3ccnnc3)ccc21. The zero-order valence-electron chi connectivity index (χ0n) is 24.2. The first kappa shape index (κ1) is 28.3. The smallest absolute Gasteiger partial charge is 0.243 e. The number of aryl methyl sites for hydroxylation is 1. The lowest BCUT2D eigenvalue weighted by atomic mass is 9.97. The van der Waals surface area contributed by atoms with Crippen LogP contribution in [0.3, 0.4) is 0 Å². The van der Waals surface area contributed by atoms with Crippen LogP contribution in [0.15, 0.2) is 55.0 Å². The second-order valence-electron chi connectivity index (χ2n) is 11.1. The molecule has 2 aliphatic heterocycles. The summed E-state index contributed by atoms with van der Waals surface area (Å²) in [5, 5.41) is 11.5. The van der Waals surface area contributed by atoms with Crippen molar-refractivity contribution in [1.29, 1.82) is 0 Å². The number of ketones is 1. The molecule has 2 aliphatic rings. The van der Waals surface area contributed by atoms with Crippen molar-refractivity contribution in [2.75, 3.05) is 20.3 Å². The molecule has 1 saturated heterocycles. The minimum Gasteiger partial charge on any atom is -0.493 e. The van der Waals surface area contributed by atoms with Crippen molar-refractivity contribution in [3.8, 4) is 22.6 Å². The highest BCUT2D eigenvalue weighted by atomic mass is 19.1. The third-order valence-electron chi connectivity index (χ3n) is 8.15. The van der Waals surface area contributed by atoms with E-state index in [9.17, 15) is 18.8 Å². The number of carbonyl (C=O) groups is 3. The molecule has 1 fully saturated rings. The summed E-state index contributed by atoms with van der Waals surface area (Å²) in [6, 6.07) is 9.93. The first-order valence-electron chi connectivity index (χ1n) is 14.2. The van der Waals surface area contributed by atoms with Gasteiger partial charge >= 0.3 is 0 Å². The summed E-state index contributed by atoms with van der Waals surface area (Å²) in [7, 11) is 1.56. The van der Waals surface area contributed by atoms with E-state index in [1.54, 1.807) is 30.3 Å². The van der Waals surface area contributed by atoms with Gasteiger partial charge in [-0.25, -0.2) is 4.39 Å². The van der Waals surface area contributed by atoms with Gasteiger partial charge in [-0.05, 0) is 49.2 Å². The Morgan fingerprint density at radius 2 is 1.98 bits per heavy atom. The summed E-state index contributed by atoms with van der Waals surface area (Å²) < 4.78 is 27.7. The summed E-state index contributed by atoms with van der Waals surface area (Å²) >= 11 is 0. The molecule has 2 aromatic heterocycles. The van der Waals surface area contributed by atoms with Gasteiger partial charge < -0.3 is 24.3 Å². The van der Waals surface area contributed by atoms with E-state index in [1.165, 1.54) is 11.8 Å². The van der Waals surface area contributed by atoms with Crippen LogP contribution in [0.2, 0.25) is 0 Å². The second-order valence-corrected chi connectivity index (χ2v) is 11.1. The maximum absolute atomic E-state index is 14.7. The van der Waals surface area contributed by atoms with Crippen LogP contribution in [0.1, 0.15) is 47.3 Å². The summed E-state index contributed by atoms with van der Waals surface area (Å²) in [6.45, 7) is 3.47. The average Bonchev–Trinajstić information content (AvgIpc) is 3.58. The molecule has 6 rings (SSSR count). The van der Waals surface area contributed by atoms with E-state index in [0.29, 0.717) is 41.0 Å². The van der Waals surface area contributed by atoms with E-state index in [0.717, 1.165) is 22.3 Å². The number of fused-ring (bicyclic) bond motifs is 2. The molecule has 3 atom stereocenters. The Balaban J connectivity index is 1.24. The molecule has 4 aromatic rings. The molecule has 0 spiro atoms. The molecule has 43 heavy (non-hydrogen) atoms. The van der Waals surface area contributed by atoms with Crippen LogP contribution in [0.4, 0.5) is 4.39 Å². The van der Waals surface area contributed by atoms with Crippen molar-refractivity contribution in [2.24, 2.45) is 0 Å². The van der Waals surface area contributed by atoms with Crippen molar-refractivity contribution in [3.05, 3.63) is 71.7 Å². The van der Waals surface area contributed by atoms with Gasteiger partial charge in [0, 0.05) is 46.6 Å². The second kappa shape index (κ2) is 11.5. The van der Waals surface area contributed by atoms with Gasteiger partial charge in [0.2, 0.25) is 11.8 Å². The maximum atomic E-state index is 14.7. The number of amides is 2. The van der Waals surface area contributed by atoms with Crippen LogP contribution in [-0.4, -0.2) is 69.7 Å². The molecule has 4 heterocycles. The Hall–Kier alpha value is -4.80. The number of carbonyl (C=O) groups excluding carboxylic acids is 3. The van der Waals surface area contributed by atoms with Gasteiger partial charge in [0.05, 0.1) is 38.7 Å². The lowest BCUT2D eigenvalue weighted by Crippen LogP contribution is -2.48. The zero-order valence-corrected chi connectivity index (χ0v) is 24.2. The minimum absolute atomic E-state index is 0.0841. The number of likely N-dealkylation sites (tertiary alicyclic amines) is 1. The highest BCUT2D eigenvalue weighted by molar-refractivity contribution is 6.08. The Bertz CT molecular complexity index is 1720. The molecule has 0 radical (unpaired) electrons. The highest BCUT2D eigenvalue weighted by Gasteiger charge is 2.41. The summed E-state index contributed by atoms with van der Waals surface area (Å²) in [5.41, 5.74) is 4.60. The van der Waals surface area contributed by atoms with E-state index in [-0.39, 0.29) is 31.3 Å². The number of alkyl halides is 1. The van der Waals surface area contributed by atoms with E-state index < -0.39 is 24.0 Å². The predicted molar refractivity (Wildman–Crippen MR) is 157 cm³/mol. The van der Waals surface area contributed by atoms with E-state index in [2.05, 4.69) is 15.5 Å². The number of aromatic nitrogens is 3.